The fraction of sp³-hybridized carbons (Fsp3) is 0.300. The van der Waals surface area contributed by atoms with Crippen LogP contribution in [-0.4, -0.2) is 38.9 Å². The van der Waals surface area contributed by atoms with Crippen molar-refractivity contribution in [3.63, 3.8) is 0 Å². The number of benzene rings is 3. The van der Waals surface area contributed by atoms with Crippen molar-refractivity contribution in [2.24, 2.45) is 0 Å². The van der Waals surface area contributed by atoms with Crippen molar-refractivity contribution in [2.75, 3.05) is 6.54 Å². The summed E-state index contributed by atoms with van der Waals surface area (Å²) in [5, 5.41) is 4.19. The zero-order chi connectivity index (χ0) is 33.7. The minimum absolute atomic E-state index is 0.0279. The number of carbonyl (C=O) groups excluding carboxylic acids is 2. The zero-order valence-corrected chi connectivity index (χ0v) is 28.1. The number of carbonyl (C=O) groups is 2. The Morgan fingerprint density at radius 1 is 1.00 bits per heavy atom. The Morgan fingerprint density at radius 3 is 2.59 bits per heavy atom. The second kappa shape index (κ2) is 14.7. The van der Waals surface area contributed by atoms with Crippen molar-refractivity contribution in [1.29, 1.82) is 0 Å². The number of likely N-dealkylation sites (tertiary alicyclic amines) is 1. The minimum atomic E-state index is -0.441. The smallest absolute Gasteiger partial charge is 0.287 e. The lowest BCUT2D eigenvalue weighted by Crippen LogP contribution is -2.36. The zero-order valence-electron chi connectivity index (χ0n) is 27.3. The summed E-state index contributed by atoms with van der Waals surface area (Å²) < 4.78 is 7.77. The topological polar surface area (TPSA) is 97.4 Å². The SMILES string of the molecule is O=C(N[C@@H](C=C1CCC(c2ccccc2CN2CCCCC2=O)CC1)Cc1ccc(Cl)cc1)c1cc(=O)c2cc(-n3ccnc3)ccc2o1. The van der Waals surface area contributed by atoms with Gasteiger partial charge in [-0.15, -0.1) is 0 Å². The molecule has 3 heterocycles. The van der Waals surface area contributed by atoms with Crippen LogP contribution in [-0.2, 0) is 17.8 Å². The van der Waals surface area contributed by atoms with Crippen LogP contribution in [0.2, 0.25) is 5.02 Å². The summed E-state index contributed by atoms with van der Waals surface area (Å²) >= 11 is 6.16. The normalized spacial score (nSPS) is 17.2. The molecule has 5 aromatic rings. The molecule has 1 aliphatic heterocycles. The van der Waals surface area contributed by atoms with Crippen LogP contribution in [0.1, 0.15) is 78.1 Å². The van der Waals surface area contributed by atoms with E-state index < -0.39 is 5.91 Å². The maximum Gasteiger partial charge on any atom is 0.287 e. The van der Waals surface area contributed by atoms with E-state index in [4.69, 9.17) is 16.0 Å². The van der Waals surface area contributed by atoms with Crippen LogP contribution in [0, 0.1) is 0 Å². The summed E-state index contributed by atoms with van der Waals surface area (Å²) in [6.07, 6.45) is 14.4. The lowest BCUT2D eigenvalue weighted by Gasteiger charge is -2.31. The van der Waals surface area contributed by atoms with E-state index in [1.54, 1.807) is 35.4 Å². The van der Waals surface area contributed by atoms with Crippen LogP contribution in [0.25, 0.3) is 16.7 Å². The molecular weight excluding hydrogens is 636 g/mol. The van der Waals surface area contributed by atoms with Crippen molar-refractivity contribution >= 4 is 34.4 Å². The van der Waals surface area contributed by atoms with E-state index in [0.717, 1.165) is 56.3 Å². The third-order valence-corrected chi connectivity index (χ3v) is 10.0. The number of fused-ring (bicyclic) bond motifs is 1. The summed E-state index contributed by atoms with van der Waals surface area (Å²) in [6.45, 7) is 1.52. The first-order valence-electron chi connectivity index (χ1n) is 17.1. The van der Waals surface area contributed by atoms with Crippen LogP contribution in [0.5, 0.6) is 0 Å². The molecule has 2 aliphatic rings. The summed E-state index contributed by atoms with van der Waals surface area (Å²) in [5.41, 5.74) is 5.76. The average Bonchev–Trinajstić information content (AvgIpc) is 3.66. The number of nitrogens with zero attached hydrogens (tertiary/aromatic N) is 3. The Balaban J connectivity index is 1.08. The highest BCUT2D eigenvalue weighted by atomic mass is 35.5. The lowest BCUT2D eigenvalue weighted by atomic mass is 9.79. The number of halogens is 1. The van der Waals surface area contributed by atoms with Crippen molar-refractivity contribution in [2.45, 2.75) is 69.9 Å². The van der Waals surface area contributed by atoms with E-state index in [0.29, 0.717) is 41.3 Å². The molecule has 1 saturated heterocycles. The summed E-state index contributed by atoms with van der Waals surface area (Å²) in [5.74, 6) is 0.202. The number of aromatic nitrogens is 2. The first-order chi connectivity index (χ1) is 23.9. The van der Waals surface area contributed by atoms with Gasteiger partial charge in [0.05, 0.1) is 17.8 Å². The maximum atomic E-state index is 13.6. The van der Waals surface area contributed by atoms with E-state index in [1.165, 1.54) is 22.8 Å². The Bertz CT molecular complexity index is 2040. The van der Waals surface area contributed by atoms with Gasteiger partial charge in [-0.2, -0.15) is 0 Å². The van der Waals surface area contributed by atoms with Crippen molar-refractivity contribution in [3.8, 4) is 5.69 Å². The maximum absolute atomic E-state index is 13.6. The largest absolute Gasteiger partial charge is 0.451 e. The fourth-order valence-corrected chi connectivity index (χ4v) is 7.28. The van der Waals surface area contributed by atoms with Crippen molar-refractivity contribution < 1.29 is 14.0 Å². The van der Waals surface area contributed by atoms with Gasteiger partial charge in [0.2, 0.25) is 5.91 Å². The number of imidazole rings is 1. The van der Waals surface area contributed by atoms with E-state index in [1.807, 2.05) is 35.2 Å². The average molecular weight is 675 g/mol. The number of hydrogen-bond donors (Lipinski definition) is 1. The Morgan fingerprint density at radius 2 is 1.82 bits per heavy atom. The summed E-state index contributed by atoms with van der Waals surface area (Å²) in [4.78, 5) is 45.4. The standard InChI is InChI=1S/C40H39ClN4O4/c41-31-14-10-28(11-15-31)22-32(43-40(48)38-24-36(46)35-23-33(16-17-37(35)49-38)45-20-18-42-26-45)21-27-8-12-29(13-9-27)34-6-2-1-5-30(34)25-44-19-4-3-7-39(44)47/h1-2,5-6,10-11,14-18,20-21,23-24,26,29,32H,3-4,7-9,12-13,19,22,25H2,(H,43,48)/t29?,32-/m0/s1. The third kappa shape index (κ3) is 7.70. The molecule has 1 aliphatic carbocycles. The molecule has 8 nitrogen and oxygen atoms in total. The first-order valence-corrected chi connectivity index (χ1v) is 17.4. The number of rotatable bonds is 9. The Kier molecular flexibility index (Phi) is 9.75. The molecule has 7 rings (SSSR count). The quantitative estimate of drug-likeness (QED) is 0.161. The van der Waals surface area contributed by atoms with E-state index in [-0.39, 0.29) is 23.1 Å². The van der Waals surface area contributed by atoms with Crippen LogP contribution in [0.15, 0.2) is 112 Å². The number of amides is 2. The molecule has 3 aromatic carbocycles. The lowest BCUT2D eigenvalue weighted by molar-refractivity contribution is -0.133. The number of piperidine rings is 1. The first kappa shape index (κ1) is 32.6. The van der Waals surface area contributed by atoms with Crippen molar-refractivity contribution in [3.05, 3.63) is 141 Å². The minimum Gasteiger partial charge on any atom is -0.451 e. The summed E-state index contributed by atoms with van der Waals surface area (Å²) in [7, 11) is 0. The summed E-state index contributed by atoms with van der Waals surface area (Å²) in [6, 6.07) is 22.4. The molecule has 9 heteroatoms. The van der Waals surface area contributed by atoms with Gasteiger partial charge < -0.3 is 19.2 Å². The molecule has 1 saturated carbocycles. The molecule has 1 N–H and O–H groups in total. The van der Waals surface area contributed by atoms with E-state index >= 15 is 0 Å². The van der Waals surface area contributed by atoms with Gasteiger partial charge in [-0.25, -0.2) is 4.98 Å². The second-order valence-electron chi connectivity index (χ2n) is 13.1. The van der Waals surface area contributed by atoms with Gasteiger partial charge in [0.1, 0.15) is 5.58 Å². The molecule has 250 valence electrons. The predicted molar refractivity (Wildman–Crippen MR) is 191 cm³/mol. The van der Waals surface area contributed by atoms with Gasteiger partial charge in [0.25, 0.3) is 5.91 Å². The van der Waals surface area contributed by atoms with Gasteiger partial charge in [-0.3, -0.25) is 14.4 Å². The van der Waals surface area contributed by atoms with Gasteiger partial charge in [0, 0.05) is 48.7 Å². The molecule has 49 heavy (non-hydrogen) atoms. The van der Waals surface area contributed by atoms with Crippen LogP contribution >= 0.6 is 11.6 Å². The van der Waals surface area contributed by atoms with E-state index in [2.05, 4.69) is 40.6 Å². The molecule has 0 bridgehead atoms. The highest BCUT2D eigenvalue weighted by Gasteiger charge is 2.25. The number of nitrogens with one attached hydrogen (secondary N) is 1. The van der Waals surface area contributed by atoms with Gasteiger partial charge >= 0.3 is 0 Å². The Labute approximate surface area is 290 Å². The molecule has 0 radical (unpaired) electrons. The molecule has 0 unspecified atom stereocenters. The Hall–Kier alpha value is -4.95. The highest BCUT2D eigenvalue weighted by molar-refractivity contribution is 6.30. The monoisotopic (exact) mass is 674 g/mol. The van der Waals surface area contributed by atoms with Gasteiger partial charge in [-0.1, -0.05) is 59.6 Å². The molecular formula is C40H39ClN4O4. The van der Waals surface area contributed by atoms with Crippen molar-refractivity contribution in [1.82, 2.24) is 19.8 Å². The molecule has 1 atom stereocenters. The number of allylic oxidation sites excluding steroid dienone is 1. The highest BCUT2D eigenvalue weighted by Crippen LogP contribution is 2.37. The third-order valence-electron chi connectivity index (χ3n) is 9.76. The van der Waals surface area contributed by atoms with Crippen LogP contribution < -0.4 is 10.7 Å². The fourth-order valence-electron chi connectivity index (χ4n) is 7.16. The molecule has 0 spiro atoms. The van der Waals surface area contributed by atoms with Gasteiger partial charge in [-0.05, 0) is 97.9 Å². The molecule has 2 aromatic heterocycles. The molecule has 2 fully saturated rings. The van der Waals surface area contributed by atoms with Gasteiger partial charge in [0.15, 0.2) is 11.2 Å². The predicted octanol–water partition coefficient (Wildman–Crippen LogP) is 7.77. The van der Waals surface area contributed by atoms with Crippen LogP contribution in [0.4, 0.5) is 0 Å². The molecule has 2 amide bonds. The number of hydrogen-bond acceptors (Lipinski definition) is 5. The van der Waals surface area contributed by atoms with E-state index in [9.17, 15) is 14.4 Å². The van der Waals surface area contributed by atoms with Crippen LogP contribution in [0.3, 0.4) is 0 Å². The second-order valence-corrected chi connectivity index (χ2v) is 13.5.